The van der Waals surface area contributed by atoms with Crippen LogP contribution in [0.25, 0.3) is 0 Å². The molecule has 2 saturated heterocycles. The van der Waals surface area contributed by atoms with Crippen molar-refractivity contribution in [2.75, 3.05) is 39.5 Å². The molecule has 0 saturated carbocycles. The van der Waals surface area contributed by atoms with Crippen molar-refractivity contribution in [3.05, 3.63) is 41.3 Å². The number of aryl methyl sites for hydroxylation is 1. The van der Waals surface area contributed by atoms with Crippen LogP contribution in [0.2, 0.25) is 0 Å². The molecule has 8 nitrogen and oxygen atoms in total. The van der Waals surface area contributed by atoms with Crippen molar-refractivity contribution in [2.45, 2.75) is 38.5 Å². The van der Waals surface area contributed by atoms with Gasteiger partial charge in [-0.25, -0.2) is 0 Å². The first kappa shape index (κ1) is 20.0. The molecule has 0 radical (unpaired) electrons. The molecular weight excluding hydrogens is 372 g/mol. The molecule has 2 aliphatic heterocycles. The summed E-state index contributed by atoms with van der Waals surface area (Å²) < 4.78 is 16.6. The first-order valence-electron chi connectivity index (χ1n) is 10.4. The molecule has 8 heteroatoms. The van der Waals surface area contributed by atoms with Crippen molar-refractivity contribution in [3.8, 4) is 0 Å². The predicted molar refractivity (Wildman–Crippen MR) is 105 cm³/mol. The van der Waals surface area contributed by atoms with Gasteiger partial charge < -0.3 is 18.9 Å². The molecule has 2 aromatic rings. The molecule has 2 fully saturated rings. The number of ether oxygens (including phenoxy) is 2. The lowest BCUT2D eigenvalue weighted by Gasteiger charge is -2.21. The maximum absolute atomic E-state index is 12.6. The van der Waals surface area contributed by atoms with E-state index in [0.717, 1.165) is 44.8 Å². The lowest BCUT2D eigenvalue weighted by molar-refractivity contribution is 0.0211. The van der Waals surface area contributed by atoms with E-state index in [1.165, 1.54) is 0 Å². The van der Waals surface area contributed by atoms with Gasteiger partial charge >= 0.3 is 0 Å². The summed E-state index contributed by atoms with van der Waals surface area (Å²) in [6.07, 6.45) is 5.24. The molecule has 0 N–H and O–H groups in total. The van der Waals surface area contributed by atoms with E-state index in [2.05, 4.69) is 15.1 Å². The van der Waals surface area contributed by atoms with Crippen molar-refractivity contribution in [2.24, 2.45) is 5.92 Å². The van der Waals surface area contributed by atoms with Crippen molar-refractivity contribution in [1.29, 1.82) is 0 Å². The maximum atomic E-state index is 12.6. The Hall–Kier alpha value is -2.32. The Morgan fingerprint density at radius 1 is 1.28 bits per heavy atom. The van der Waals surface area contributed by atoms with Crippen molar-refractivity contribution in [1.82, 2.24) is 20.0 Å². The van der Waals surface area contributed by atoms with Crippen LogP contribution < -0.4 is 0 Å². The number of nitrogens with zero attached hydrogens (tertiary/aromatic N) is 4. The van der Waals surface area contributed by atoms with Crippen molar-refractivity contribution >= 4 is 5.91 Å². The van der Waals surface area contributed by atoms with E-state index in [1.54, 1.807) is 6.20 Å². The van der Waals surface area contributed by atoms with Crippen LogP contribution in [0.4, 0.5) is 0 Å². The van der Waals surface area contributed by atoms with E-state index in [4.69, 9.17) is 14.0 Å². The van der Waals surface area contributed by atoms with Gasteiger partial charge in [-0.05, 0) is 44.2 Å². The van der Waals surface area contributed by atoms with Gasteiger partial charge in [-0.3, -0.25) is 9.78 Å². The van der Waals surface area contributed by atoms with Gasteiger partial charge in [0.2, 0.25) is 5.89 Å². The van der Waals surface area contributed by atoms with Gasteiger partial charge in [0.15, 0.2) is 5.82 Å². The van der Waals surface area contributed by atoms with Crippen LogP contribution in [0.1, 0.15) is 52.9 Å². The summed E-state index contributed by atoms with van der Waals surface area (Å²) in [6, 6.07) is 3.68. The summed E-state index contributed by atoms with van der Waals surface area (Å²) in [4.78, 5) is 23.2. The van der Waals surface area contributed by atoms with Crippen molar-refractivity contribution in [3.63, 3.8) is 0 Å². The number of pyridine rings is 1. The van der Waals surface area contributed by atoms with Crippen LogP contribution in [-0.4, -0.2) is 65.4 Å². The topological polar surface area (TPSA) is 90.6 Å². The van der Waals surface area contributed by atoms with Gasteiger partial charge in [0.25, 0.3) is 5.91 Å². The fourth-order valence-electron chi connectivity index (χ4n) is 3.78. The number of amides is 1. The highest BCUT2D eigenvalue weighted by Crippen LogP contribution is 2.27. The summed E-state index contributed by atoms with van der Waals surface area (Å²) in [7, 11) is 0. The molecule has 1 amide bonds. The number of carbonyl (C=O) groups is 1. The van der Waals surface area contributed by atoms with E-state index in [1.807, 2.05) is 24.0 Å². The predicted octanol–water partition coefficient (Wildman–Crippen LogP) is 2.39. The zero-order chi connectivity index (χ0) is 20.1. The van der Waals surface area contributed by atoms with Gasteiger partial charge in [0.1, 0.15) is 0 Å². The molecule has 1 atom stereocenters. The summed E-state index contributed by atoms with van der Waals surface area (Å²) >= 11 is 0. The number of rotatable bonds is 7. The molecule has 156 valence electrons. The fourth-order valence-corrected chi connectivity index (χ4v) is 3.78. The molecule has 2 aliphatic rings. The normalized spacial score (nSPS) is 20.3. The summed E-state index contributed by atoms with van der Waals surface area (Å²) in [6.45, 7) is 6.21. The lowest BCUT2D eigenvalue weighted by Crippen LogP contribution is -2.28. The fraction of sp³-hybridized carbons (Fsp3) is 0.619. The smallest absolute Gasteiger partial charge is 0.255 e. The maximum Gasteiger partial charge on any atom is 0.255 e. The lowest BCUT2D eigenvalue weighted by atomic mass is 10.0. The van der Waals surface area contributed by atoms with Crippen LogP contribution in [-0.2, 0) is 15.9 Å². The Morgan fingerprint density at radius 3 is 2.93 bits per heavy atom. The molecule has 29 heavy (non-hydrogen) atoms. The number of carbonyl (C=O) groups excluding carboxylic acids is 1. The second-order valence-corrected chi connectivity index (χ2v) is 7.85. The van der Waals surface area contributed by atoms with Crippen LogP contribution in [0, 0.1) is 12.8 Å². The van der Waals surface area contributed by atoms with Crippen LogP contribution in [0.15, 0.2) is 22.9 Å². The number of aromatic nitrogens is 3. The van der Waals surface area contributed by atoms with Crippen LogP contribution in [0.3, 0.4) is 0 Å². The molecule has 0 aliphatic carbocycles. The molecule has 0 bridgehead atoms. The van der Waals surface area contributed by atoms with Crippen LogP contribution >= 0.6 is 0 Å². The first-order chi connectivity index (χ1) is 14.2. The molecule has 4 rings (SSSR count). The highest BCUT2D eigenvalue weighted by atomic mass is 16.5. The van der Waals surface area contributed by atoms with Crippen molar-refractivity contribution < 1.29 is 18.8 Å². The second-order valence-electron chi connectivity index (χ2n) is 7.85. The monoisotopic (exact) mass is 400 g/mol. The third kappa shape index (κ3) is 5.19. The highest BCUT2D eigenvalue weighted by molar-refractivity contribution is 5.94. The minimum absolute atomic E-state index is 0.00116. The Morgan fingerprint density at radius 2 is 2.14 bits per heavy atom. The first-order valence-corrected chi connectivity index (χ1v) is 10.4. The number of hydrogen-bond acceptors (Lipinski definition) is 7. The molecule has 0 aromatic carbocycles. The zero-order valence-corrected chi connectivity index (χ0v) is 16.9. The zero-order valence-electron chi connectivity index (χ0n) is 16.9. The summed E-state index contributed by atoms with van der Waals surface area (Å²) in [5, 5.41) is 4.08. The molecule has 2 aromatic heterocycles. The highest BCUT2D eigenvalue weighted by Gasteiger charge is 2.31. The average Bonchev–Trinajstić information content (AvgIpc) is 3.42. The van der Waals surface area contributed by atoms with E-state index in [-0.39, 0.29) is 11.8 Å². The van der Waals surface area contributed by atoms with Gasteiger partial charge in [0.05, 0.1) is 18.1 Å². The summed E-state index contributed by atoms with van der Waals surface area (Å²) in [5.41, 5.74) is 1.51. The Kier molecular flexibility index (Phi) is 6.51. The molecule has 4 heterocycles. The van der Waals surface area contributed by atoms with Gasteiger partial charge in [-0.2, -0.15) is 4.98 Å². The third-order valence-corrected chi connectivity index (χ3v) is 5.63. The van der Waals surface area contributed by atoms with Crippen LogP contribution in [0.5, 0.6) is 0 Å². The van der Waals surface area contributed by atoms with E-state index in [0.29, 0.717) is 49.3 Å². The van der Waals surface area contributed by atoms with Gasteiger partial charge in [0, 0.05) is 51.2 Å². The third-order valence-electron chi connectivity index (χ3n) is 5.63. The number of hydrogen-bond donors (Lipinski definition) is 0. The Balaban J connectivity index is 1.23. The quantitative estimate of drug-likeness (QED) is 0.659. The van der Waals surface area contributed by atoms with E-state index >= 15 is 0 Å². The SMILES string of the molecule is Cc1ccc(C(=O)N2CCC(c3nc(CCOCC4CCOCC4)no3)C2)cn1. The van der Waals surface area contributed by atoms with E-state index < -0.39 is 0 Å². The van der Waals surface area contributed by atoms with E-state index in [9.17, 15) is 4.79 Å². The minimum atomic E-state index is 0.00116. The molecule has 0 spiro atoms. The average molecular weight is 400 g/mol. The standard InChI is InChI=1S/C21H28N4O4/c1-15-2-3-17(12-22-15)21(26)25-8-4-18(13-25)20-23-19(24-29-20)7-11-28-14-16-5-9-27-10-6-16/h2-3,12,16,18H,4-11,13-14H2,1H3. The Labute approximate surface area is 170 Å². The minimum Gasteiger partial charge on any atom is -0.381 e. The largest absolute Gasteiger partial charge is 0.381 e. The number of likely N-dealkylation sites (tertiary alicyclic amines) is 1. The van der Waals surface area contributed by atoms with Gasteiger partial charge in [-0.1, -0.05) is 5.16 Å². The molecule has 1 unspecified atom stereocenters. The second kappa shape index (κ2) is 9.45. The Bertz CT molecular complexity index is 801. The van der Waals surface area contributed by atoms with Gasteiger partial charge in [-0.15, -0.1) is 0 Å². The molecular formula is C21H28N4O4. The summed E-state index contributed by atoms with van der Waals surface area (Å²) in [5.74, 6) is 1.96.